The van der Waals surface area contributed by atoms with E-state index < -0.39 is 5.60 Å². The average molecular weight is 211 g/mol. The molecule has 0 fully saturated rings. The number of benzene rings is 1. The van der Waals surface area contributed by atoms with Gasteiger partial charge in [-0.1, -0.05) is 12.1 Å². The lowest BCUT2D eigenvalue weighted by Crippen LogP contribution is -2.21. The van der Waals surface area contributed by atoms with E-state index in [1.165, 1.54) is 4.90 Å². The topological polar surface area (TPSA) is 46.2 Å². The number of hydrogen-bond donors (Lipinski definition) is 2. The van der Waals surface area contributed by atoms with Crippen molar-refractivity contribution in [3.63, 3.8) is 0 Å². The first-order valence-corrected chi connectivity index (χ1v) is 5.64. The molecule has 0 aliphatic heterocycles. The van der Waals surface area contributed by atoms with Crippen molar-refractivity contribution < 1.29 is 5.11 Å². The van der Waals surface area contributed by atoms with Crippen LogP contribution in [-0.2, 0) is 6.54 Å². The lowest BCUT2D eigenvalue weighted by molar-refractivity contribution is 0.107. The molecule has 1 rings (SSSR count). The van der Waals surface area contributed by atoms with Crippen LogP contribution in [0.3, 0.4) is 0 Å². The molecule has 3 N–H and O–H groups in total. The molecule has 0 atom stereocenters. The van der Waals surface area contributed by atoms with Gasteiger partial charge in [0.15, 0.2) is 0 Å². The molecule has 14 heavy (non-hydrogen) atoms. The van der Waals surface area contributed by atoms with Crippen molar-refractivity contribution >= 4 is 11.8 Å². The van der Waals surface area contributed by atoms with Crippen LogP contribution in [-0.4, -0.2) is 16.5 Å². The summed E-state index contributed by atoms with van der Waals surface area (Å²) >= 11 is 1.66. The predicted molar refractivity (Wildman–Crippen MR) is 61.4 cm³/mol. The third kappa shape index (κ3) is 4.13. The Morgan fingerprint density at radius 2 is 1.86 bits per heavy atom. The van der Waals surface area contributed by atoms with Crippen LogP contribution in [0.1, 0.15) is 19.4 Å². The Bertz CT molecular complexity index is 276. The number of nitrogens with two attached hydrogens (primary N) is 1. The molecule has 0 unspecified atom stereocenters. The highest BCUT2D eigenvalue weighted by Gasteiger charge is 2.12. The van der Waals surface area contributed by atoms with Gasteiger partial charge in [-0.25, -0.2) is 0 Å². The Morgan fingerprint density at radius 1 is 1.29 bits per heavy atom. The summed E-state index contributed by atoms with van der Waals surface area (Å²) in [6.45, 7) is 4.21. The first-order chi connectivity index (χ1) is 6.51. The van der Waals surface area contributed by atoms with E-state index in [2.05, 4.69) is 0 Å². The van der Waals surface area contributed by atoms with Gasteiger partial charge >= 0.3 is 0 Å². The van der Waals surface area contributed by atoms with Crippen LogP contribution in [0.4, 0.5) is 0 Å². The van der Waals surface area contributed by atoms with Crippen LogP contribution in [0.25, 0.3) is 0 Å². The molecule has 78 valence electrons. The summed E-state index contributed by atoms with van der Waals surface area (Å²) in [6, 6.07) is 8.12. The smallest absolute Gasteiger partial charge is 0.0685 e. The molecule has 0 bridgehead atoms. The van der Waals surface area contributed by atoms with Gasteiger partial charge < -0.3 is 10.8 Å². The predicted octanol–water partition coefficient (Wildman–Crippen LogP) is 2.01. The third-order valence-electron chi connectivity index (χ3n) is 1.75. The number of thioether (sulfide) groups is 1. The van der Waals surface area contributed by atoms with E-state index in [-0.39, 0.29) is 0 Å². The van der Waals surface area contributed by atoms with E-state index in [9.17, 15) is 5.11 Å². The van der Waals surface area contributed by atoms with E-state index in [4.69, 9.17) is 5.73 Å². The van der Waals surface area contributed by atoms with Crippen molar-refractivity contribution in [1.82, 2.24) is 0 Å². The fourth-order valence-corrected chi connectivity index (χ4v) is 1.83. The van der Waals surface area contributed by atoms with E-state index in [0.717, 1.165) is 5.56 Å². The van der Waals surface area contributed by atoms with Gasteiger partial charge in [0, 0.05) is 17.2 Å². The minimum atomic E-state index is -0.614. The lowest BCUT2D eigenvalue weighted by atomic mass is 10.2. The van der Waals surface area contributed by atoms with Crippen LogP contribution >= 0.6 is 11.8 Å². The molecule has 0 aliphatic rings. The fourth-order valence-electron chi connectivity index (χ4n) is 0.982. The largest absolute Gasteiger partial charge is 0.390 e. The minimum Gasteiger partial charge on any atom is -0.390 e. The Labute approximate surface area is 89.5 Å². The van der Waals surface area contributed by atoms with Gasteiger partial charge in [0.1, 0.15) is 0 Å². The maximum Gasteiger partial charge on any atom is 0.0685 e. The standard InChI is InChI=1S/C11H17NOS/c1-11(2,13)8-14-10-5-3-9(7-12)4-6-10/h3-6,13H,7-8,12H2,1-2H3. The van der Waals surface area contributed by atoms with Gasteiger partial charge in [0.2, 0.25) is 0 Å². The van der Waals surface area contributed by atoms with Gasteiger partial charge in [-0.05, 0) is 31.5 Å². The molecule has 0 heterocycles. The second-order valence-corrected chi connectivity index (χ2v) is 5.00. The molecular weight excluding hydrogens is 194 g/mol. The molecule has 1 aromatic rings. The van der Waals surface area contributed by atoms with Crippen LogP contribution in [0.2, 0.25) is 0 Å². The molecule has 1 aromatic carbocycles. The van der Waals surface area contributed by atoms with Crippen molar-refractivity contribution in [2.24, 2.45) is 5.73 Å². The normalized spacial score (nSPS) is 11.7. The number of rotatable bonds is 4. The number of aliphatic hydroxyl groups is 1. The molecule has 0 saturated carbocycles. The van der Waals surface area contributed by atoms with Crippen molar-refractivity contribution in [2.45, 2.75) is 30.9 Å². The van der Waals surface area contributed by atoms with Crippen molar-refractivity contribution in [2.75, 3.05) is 5.75 Å². The highest BCUT2D eigenvalue weighted by atomic mass is 32.2. The zero-order chi connectivity index (χ0) is 10.6. The lowest BCUT2D eigenvalue weighted by Gasteiger charge is -2.16. The molecular formula is C11H17NOS. The van der Waals surface area contributed by atoms with Gasteiger partial charge in [0.25, 0.3) is 0 Å². The van der Waals surface area contributed by atoms with E-state index >= 15 is 0 Å². The SMILES string of the molecule is CC(C)(O)CSc1ccc(CN)cc1. The van der Waals surface area contributed by atoms with Crippen LogP contribution in [0.5, 0.6) is 0 Å². The van der Waals surface area contributed by atoms with Gasteiger partial charge in [-0.15, -0.1) is 11.8 Å². The zero-order valence-electron chi connectivity index (χ0n) is 8.66. The molecule has 2 nitrogen and oxygen atoms in total. The summed E-state index contributed by atoms with van der Waals surface area (Å²) in [5.74, 6) is 0.703. The van der Waals surface area contributed by atoms with Crippen LogP contribution in [0, 0.1) is 0 Å². The third-order valence-corrected chi connectivity index (χ3v) is 3.21. The summed E-state index contributed by atoms with van der Waals surface area (Å²) in [4.78, 5) is 1.17. The van der Waals surface area contributed by atoms with Gasteiger partial charge in [0.05, 0.1) is 5.60 Å². The first kappa shape index (κ1) is 11.6. The quantitative estimate of drug-likeness (QED) is 0.749. The second kappa shape index (κ2) is 4.82. The molecule has 0 spiro atoms. The average Bonchev–Trinajstić information content (AvgIpc) is 2.14. The Balaban J connectivity index is 2.52. The maximum atomic E-state index is 9.54. The molecule has 0 amide bonds. The highest BCUT2D eigenvalue weighted by molar-refractivity contribution is 7.99. The monoisotopic (exact) mass is 211 g/mol. The Hall–Kier alpha value is -0.510. The van der Waals surface area contributed by atoms with Crippen molar-refractivity contribution in [3.05, 3.63) is 29.8 Å². The molecule has 0 radical (unpaired) electrons. The summed E-state index contributed by atoms with van der Waals surface area (Å²) in [6.07, 6.45) is 0. The van der Waals surface area contributed by atoms with E-state index in [1.807, 2.05) is 38.1 Å². The first-order valence-electron chi connectivity index (χ1n) is 4.65. The maximum absolute atomic E-state index is 9.54. The van der Waals surface area contributed by atoms with Gasteiger partial charge in [-0.3, -0.25) is 0 Å². The van der Waals surface area contributed by atoms with Crippen LogP contribution in [0.15, 0.2) is 29.2 Å². The Morgan fingerprint density at radius 3 is 2.29 bits per heavy atom. The van der Waals surface area contributed by atoms with Crippen molar-refractivity contribution in [3.8, 4) is 0 Å². The number of hydrogen-bond acceptors (Lipinski definition) is 3. The van der Waals surface area contributed by atoms with E-state index in [0.29, 0.717) is 12.3 Å². The molecule has 0 aromatic heterocycles. The summed E-state index contributed by atoms with van der Waals surface area (Å²) in [5, 5.41) is 9.54. The van der Waals surface area contributed by atoms with E-state index in [1.54, 1.807) is 11.8 Å². The summed E-state index contributed by atoms with van der Waals surface area (Å²) in [5.41, 5.74) is 6.02. The fraction of sp³-hybridized carbons (Fsp3) is 0.455. The molecule has 0 saturated heterocycles. The molecule has 3 heteroatoms. The Kier molecular flexibility index (Phi) is 3.98. The van der Waals surface area contributed by atoms with Crippen molar-refractivity contribution in [1.29, 1.82) is 0 Å². The second-order valence-electron chi connectivity index (χ2n) is 3.95. The minimum absolute atomic E-state index is 0.580. The highest BCUT2D eigenvalue weighted by Crippen LogP contribution is 2.22. The molecule has 0 aliphatic carbocycles. The summed E-state index contributed by atoms with van der Waals surface area (Å²) in [7, 11) is 0. The zero-order valence-corrected chi connectivity index (χ0v) is 9.47. The summed E-state index contributed by atoms with van der Waals surface area (Å²) < 4.78 is 0. The van der Waals surface area contributed by atoms with Crippen LogP contribution < -0.4 is 5.73 Å². The van der Waals surface area contributed by atoms with Gasteiger partial charge in [-0.2, -0.15) is 0 Å².